The lowest BCUT2D eigenvalue weighted by Gasteiger charge is -1.94. The molecular formula is C15H14O4S. The van der Waals surface area contributed by atoms with Gasteiger partial charge in [-0.05, 0) is 30.2 Å². The van der Waals surface area contributed by atoms with E-state index in [0.29, 0.717) is 5.58 Å². The number of carboxylic acids is 1. The summed E-state index contributed by atoms with van der Waals surface area (Å²) < 4.78 is 5.19. The van der Waals surface area contributed by atoms with Crippen molar-refractivity contribution in [2.45, 2.75) is 13.3 Å². The van der Waals surface area contributed by atoms with Gasteiger partial charge in [-0.3, -0.25) is 4.79 Å². The van der Waals surface area contributed by atoms with Crippen LogP contribution < -0.4 is 0 Å². The Kier molecular flexibility index (Phi) is 4.63. The first-order valence-electron chi connectivity index (χ1n) is 6.13. The highest BCUT2D eigenvalue weighted by molar-refractivity contribution is 8.13. The predicted molar refractivity (Wildman–Crippen MR) is 80.0 cm³/mol. The lowest BCUT2D eigenvalue weighted by molar-refractivity contribution is -0.109. The van der Waals surface area contributed by atoms with E-state index in [1.165, 1.54) is 17.8 Å². The number of hydrogen-bond acceptors (Lipinski definition) is 4. The van der Waals surface area contributed by atoms with Gasteiger partial charge in [-0.15, -0.1) is 0 Å². The van der Waals surface area contributed by atoms with Gasteiger partial charge in [-0.2, -0.15) is 0 Å². The number of benzene rings is 1. The van der Waals surface area contributed by atoms with Crippen LogP contribution in [0.25, 0.3) is 17.0 Å². The maximum atomic E-state index is 10.8. The van der Waals surface area contributed by atoms with Gasteiger partial charge in [-0.1, -0.05) is 30.0 Å². The molecule has 2 aromatic rings. The summed E-state index contributed by atoms with van der Waals surface area (Å²) in [6.07, 6.45) is 4.76. The minimum absolute atomic E-state index is 0.0565. The Morgan fingerprint density at radius 1 is 1.35 bits per heavy atom. The third-order valence-corrected chi connectivity index (χ3v) is 3.50. The Bertz CT molecular complexity index is 670. The van der Waals surface area contributed by atoms with Gasteiger partial charge in [0.2, 0.25) is 5.76 Å². The van der Waals surface area contributed by atoms with E-state index in [1.807, 2.05) is 24.3 Å². The molecule has 0 spiro atoms. The second-order valence-corrected chi connectivity index (χ2v) is 5.52. The average Bonchev–Trinajstić information content (AvgIpc) is 2.81. The summed E-state index contributed by atoms with van der Waals surface area (Å²) in [5.74, 6) is -0.360. The second-order valence-electron chi connectivity index (χ2n) is 4.24. The topological polar surface area (TPSA) is 67.5 Å². The molecule has 1 aromatic heterocycles. The Morgan fingerprint density at radius 3 is 2.85 bits per heavy atom. The molecule has 1 heterocycles. The van der Waals surface area contributed by atoms with Crippen LogP contribution in [0, 0.1) is 0 Å². The molecule has 0 aliphatic rings. The van der Waals surface area contributed by atoms with Gasteiger partial charge >= 0.3 is 5.97 Å². The van der Waals surface area contributed by atoms with Gasteiger partial charge < -0.3 is 9.52 Å². The van der Waals surface area contributed by atoms with Gasteiger partial charge in [-0.25, -0.2) is 4.79 Å². The molecule has 1 aromatic carbocycles. The summed E-state index contributed by atoms with van der Waals surface area (Å²) in [4.78, 5) is 21.6. The Balaban J connectivity index is 2.05. The number of carbonyl (C=O) groups excluding carboxylic acids is 1. The number of carbonyl (C=O) groups is 2. The molecule has 0 saturated carbocycles. The zero-order valence-corrected chi connectivity index (χ0v) is 11.8. The molecule has 2 rings (SSSR count). The van der Waals surface area contributed by atoms with Crippen LogP contribution >= 0.6 is 11.8 Å². The monoisotopic (exact) mass is 290 g/mol. The largest absolute Gasteiger partial charge is 0.475 e. The van der Waals surface area contributed by atoms with Gasteiger partial charge in [0.05, 0.1) is 0 Å². The van der Waals surface area contributed by atoms with Crippen molar-refractivity contribution in [1.29, 1.82) is 0 Å². The van der Waals surface area contributed by atoms with Crippen molar-refractivity contribution in [3.8, 4) is 0 Å². The average molecular weight is 290 g/mol. The molecule has 20 heavy (non-hydrogen) atoms. The van der Waals surface area contributed by atoms with E-state index in [4.69, 9.17) is 9.52 Å². The van der Waals surface area contributed by atoms with Gasteiger partial charge in [0.15, 0.2) is 5.12 Å². The fourth-order valence-electron chi connectivity index (χ4n) is 1.76. The molecular weight excluding hydrogens is 276 g/mol. The van der Waals surface area contributed by atoms with Crippen molar-refractivity contribution in [3.63, 3.8) is 0 Å². The summed E-state index contributed by atoms with van der Waals surface area (Å²) >= 11 is 1.31. The normalized spacial score (nSPS) is 11.2. The fourth-order valence-corrected chi connectivity index (χ4v) is 2.30. The maximum absolute atomic E-state index is 10.8. The van der Waals surface area contributed by atoms with Crippen LogP contribution in [0.1, 0.15) is 29.5 Å². The van der Waals surface area contributed by atoms with Gasteiger partial charge in [0.1, 0.15) is 5.58 Å². The van der Waals surface area contributed by atoms with Crippen molar-refractivity contribution in [2.24, 2.45) is 0 Å². The van der Waals surface area contributed by atoms with Crippen LogP contribution in [0.3, 0.4) is 0 Å². The van der Waals surface area contributed by atoms with Gasteiger partial charge in [0, 0.05) is 18.1 Å². The number of rotatable bonds is 5. The van der Waals surface area contributed by atoms with Crippen LogP contribution in [0.5, 0.6) is 0 Å². The molecule has 0 fully saturated rings. The minimum Gasteiger partial charge on any atom is -0.475 e. The number of furan rings is 1. The first kappa shape index (κ1) is 14.4. The Labute approximate surface area is 120 Å². The third-order valence-electron chi connectivity index (χ3n) is 2.65. The highest BCUT2D eigenvalue weighted by atomic mass is 32.2. The van der Waals surface area contributed by atoms with Crippen LogP contribution in [0.15, 0.2) is 34.8 Å². The van der Waals surface area contributed by atoms with E-state index < -0.39 is 5.97 Å². The Hall–Kier alpha value is -2.01. The van der Waals surface area contributed by atoms with Crippen LogP contribution in [0.4, 0.5) is 0 Å². The molecule has 0 radical (unpaired) electrons. The predicted octanol–water partition coefficient (Wildman–Crippen LogP) is 3.81. The molecule has 0 bridgehead atoms. The van der Waals surface area contributed by atoms with Crippen molar-refractivity contribution in [1.82, 2.24) is 0 Å². The molecule has 0 unspecified atom stereocenters. The minimum atomic E-state index is -1.07. The lowest BCUT2D eigenvalue weighted by Crippen LogP contribution is -1.91. The van der Waals surface area contributed by atoms with E-state index in [-0.39, 0.29) is 10.9 Å². The van der Waals surface area contributed by atoms with Crippen molar-refractivity contribution in [3.05, 3.63) is 41.7 Å². The number of carboxylic acid groups (broad SMARTS) is 1. The number of thioether (sulfide) groups is 1. The Morgan fingerprint density at radius 2 is 2.15 bits per heavy atom. The number of fused-ring (bicyclic) bond motifs is 1. The van der Waals surface area contributed by atoms with Crippen LogP contribution in [-0.4, -0.2) is 21.9 Å². The van der Waals surface area contributed by atoms with E-state index in [1.54, 1.807) is 13.0 Å². The molecule has 104 valence electrons. The molecule has 1 N–H and O–H groups in total. The highest BCUT2D eigenvalue weighted by Gasteiger charge is 2.09. The second kappa shape index (κ2) is 6.43. The summed E-state index contributed by atoms with van der Waals surface area (Å²) in [6, 6.07) is 7.01. The zero-order chi connectivity index (χ0) is 14.5. The van der Waals surface area contributed by atoms with Crippen molar-refractivity contribution >= 4 is 39.9 Å². The lowest BCUT2D eigenvalue weighted by atomic mass is 10.1. The summed E-state index contributed by atoms with van der Waals surface area (Å²) in [5.41, 5.74) is 1.54. The first-order valence-corrected chi connectivity index (χ1v) is 7.11. The van der Waals surface area contributed by atoms with E-state index in [9.17, 15) is 9.59 Å². The van der Waals surface area contributed by atoms with E-state index in [0.717, 1.165) is 23.1 Å². The van der Waals surface area contributed by atoms with Crippen LogP contribution in [-0.2, 0) is 4.79 Å². The molecule has 0 atom stereocenters. The molecule has 0 aliphatic heterocycles. The molecule has 0 saturated heterocycles. The standard InChI is InChI=1S/C15H14O4S/c1-10(16)20-7-3-2-4-11-5-6-13-12(8-11)9-14(19-13)15(17)18/h2,4-6,8-9H,3,7H2,1H3,(H,17,18). The van der Waals surface area contributed by atoms with Crippen molar-refractivity contribution in [2.75, 3.05) is 5.75 Å². The number of aromatic carboxylic acids is 1. The third kappa shape index (κ3) is 3.74. The SMILES string of the molecule is CC(=O)SCCC=Cc1ccc2oc(C(=O)O)cc2c1. The smallest absolute Gasteiger partial charge is 0.371 e. The molecule has 5 heteroatoms. The first-order chi connectivity index (χ1) is 9.56. The highest BCUT2D eigenvalue weighted by Crippen LogP contribution is 2.21. The molecule has 0 aliphatic carbocycles. The molecule has 4 nitrogen and oxygen atoms in total. The van der Waals surface area contributed by atoms with E-state index >= 15 is 0 Å². The van der Waals surface area contributed by atoms with Crippen molar-refractivity contribution < 1.29 is 19.1 Å². The van der Waals surface area contributed by atoms with Crippen LogP contribution in [0.2, 0.25) is 0 Å². The van der Waals surface area contributed by atoms with Gasteiger partial charge in [0.25, 0.3) is 0 Å². The summed E-state index contributed by atoms with van der Waals surface area (Å²) in [7, 11) is 0. The zero-order valence-electron chi connectivity index (χ0n) is 11.0. The quantitative estimate of drug-likeness (QED) is 0.848. The van der Waals surface area contributed by atoms with E-state index in [2.05, 4.69) is 0 Å². The summed E-state index contributed by atoms with van der Waals surface area (Å²) in [6.45, 7) is 1.56. The fraction of sp³-hybridized carbons (Fsp3) is 0.200. The summed E-state index contributed by atoms with van der Waals surface area (Å²) in [5, 5.41) is 9.75. The number of allylic oxidation sites excluding steroid dienone is 1. The maximum Gasteiger partial charge on any atom is 0.371 e. The molecule has 0 amide bonds. The number of hydrogen-bond donors (Lipinski definition) is 1.